The van der Waals surface area contributed by atoms with E-state index in [4.69, 9.17) is 4.74 Å². The van der Waals surface area contributed by atoms with Crippen molar-refractivity contribution in [2.24, 2.45) is 0 Å². The average molecular weight is 598 g/mol. The number of phenolic OH excluding ortho intramolecular Hbond substituents is 2. The standard InChI is InChI=1S/C34H51N3O6/c1-8-10-11-12-21-37(29(31(40)35-24(4)14-9-2)27-16-13-15-23(3)30(27)39)32(41)28(36-33(42)43-34(5,6)7)22-25-17-19-26(38)20-18-25/h13,15-20,24,28-29,38-39H,8-12,14,21-22H2,1-7H3,(H,35,40)(H,36,42). The number of rotatable bonds is 15. The van der Waals surface area contributed by atoms with E-state index in [-0.39, 0.29) is 30.5 Å². The van der Waals surface area contributed by atoms with Gasteiger partial charge in [0.15, 0.2) is 0 Å². The zero-order chi connectivity index (χ0) is 32.2. The van der Waals surface area contributed by atoms with Crippen LogP contribution in [0.1, 0.15) is 103 Å². The number of nitrogens with zero attached hydrogens (tertiary/aromatic N) is 1. The van der Waals surface area contributed by atoms with Gasteiger partial charge in [0.25, 0.3) is 0 Å². The summed E-state index contributed by atoms with van der Waals surface area (Å²) in [4.78, 5) is 43.0. The van der Waals surface area contributed by atoms with Crippen LogP contribution in [0.25, 0.3) is 0 Å². The number of benzene rings is 2. The minimum Gasteiger partial charge on any atom is -0.508 e. The van der Waals surface area contributed by atoms with Crippen molar-refractivity contribution in [1.82, 2.24) is 15.5 Å². The predicted octanol–water partition coefficient (Wildman–Crippen LogP) is 6.30. The van der Waals surface area contributed by atoms with Gasteiger partial charge in [-0.05, 0) is 70.7 Å². The highest BCUT2D eigenvalue weighted by Crippen LogP contribution is 2.33. The number of hydrogen-bond acceptors (Lipinski definition) is 6. The first kappa shape index (κ1) is 35.4. The Morgan fingerprint density at radius 1 is 0.930 bits per heavy atom. The number of unbranched alkanes of at least 4 members (excludes halogenated alkanes) is 3. The van der Waals surface area contributed by atoms with Crippen LogP contribution in [0.4, 0.5) is 4.79 Å². The lowest BCUT2D eigenvalue weighted by atomic mass is 9.97. The van der Waals surface area contributed by atoms with Crippen LogP contribution in [-0.4, -0.2) is 57.3 Å². The monoisotopic (exact) mass is 597 g/mol. The summed E-state index contributed by atoms with van der Waals surface area (Å²) in [5.74, 6) is -0.838. The molecular weight excluding hydrogens is 546 g/mol. The van der Waals surface area contributed by atoms with Crippen molar-refractivity contribution in [2.75, 3.05) is 6.54 Å². The summed E-state index contributed by atoms with van der Waals surface area (Å²) < 4.78 is 5.49. The second-order valence-electron chi connectivity index (χ2n) is 12.3. The number of carbonyl (C=O) groups excluding carboxylic acids is 3. The summed E-state index contributed by atoms with van der Waals surface area (Å²) in [6.07, 6.45) is 4.42. The summed E-state index contributed by atoms with van der Waals surface area (Å²) in [7, 11) is 0. The van der Waals surface area contributed by atoms with Crippen molar-refractivity contribution in [1.29, 1.82) is 0 Å². The Kier molecular flexibility index (Phi) is 13.8. The molecule has 0 aliphatic carbocycles. The predicted molar refractivity (Wildman–Crippen MR) is 169 cm³/mol. The lowest BCUT2D eigenvalue weighted by Gasteiger charge is -2.35. The molecule has 2 rings (SSSR count). The smallest absolute Gasteiger partial charge is 0.408 e. The Morgan fingerprint density at radius 3 is 2.21 bits per heavy atom. The van der Waals surface area contributed by atoms with Gasteiger partial charge in [0.2, 0.25) is 11.8 Å². The lowest BCUT2D eigenvalue weighted by Crippen LogP contribution is -2.54. The molecule has 3 amide bonds. The van der Waals surface area contributed by atoms with Gasteiger partial charge in [-0.25, -0.2) is 4.79 Å². The fraction of sp³-hybridized carbons (Fsp3) is 0.559. The number of aromatic hydroxyl groups is 2. The molecule has 238 valence electrons. The van der Waals surface area contributed by atoms with Gasteiger partial charge in [-0.15, -0.1) is 0 Å². The molecule has 0 aliphatic heterocycles. The third kappa shape index (κ3) is 11.5. The molecule has 0 heterocycles. The molecule has 0 aliphatic rings. The van der Waals surface area contributed by atoms with E-state index in [9.17, 15) is 24.6 Å². The Labute approximate surface area is 257 Å². The molecule has 0 spiro atoms. The van der Waals surface area contributed by atoms with E-state index in [2.05, 4.69) is 17.6 Å². The molecule has 9 nitrogen and oxygen atoms in total. The minimum atomic E-state index is -1.13. The maximum Gasteiger partial charge on any atom is 0.408 e. The van der Waals surface area contributed by atoms with Crippen molar-refractivity contribution in [3.63, 3.8) is 0 Å². The van der Waals surface area contributed by atoms with Crippen LogP contribution in [0.5, 0.6) is 11.5 Å². The summed E-state index contributed by atoms with van der Waals surface area (Å²) >= 11 is 0. The molecular formula is C34H51N3O6. The molecule has 3 unspecified atom stereocenters. The van der Waals surface area contributed by atoms with Gasteiger partial charge in [-0.2, -0.15) is 0 Å². The summed E-state index contributed by atoms with van der Waals surface area (Å²) in [6.45, 7) is 13.3. The van der Waals surface area contributed by atoms with Crippen LogP contribution in [0.15, 0.2) is 42.5 Å². The normalized spacial score (nSPS) is 13.5. The van der Waals surface area contributed by atoms with Gasteiger partial charge in [-0.1, -0.05) is 69.9 Å². The van der Waals surface area contributed by atoms with E-state index in [0.717, 1.165) is 32.1 Å². The van der Waals surface area contributed by atoms with Crippen molar-refractivity contribution in [3.05, 3.63) is 59.2 Å². The summed E-state index contributed by atoms with van der Waals surface area (Å²) in [5, 5.41) is 26.7. The fourth-order valence-electron chi connectivity index (χ4n) is 4.97. The van der Waals surface area contributed by atoms with E-state index in [0.29, 0.717) is 23.1 Å². The van der Waals surface area contributed by atoms with Crippen molar-refractivity contribution < 1.29 is 29.3 Å². The first-order chi connectivity index (χ1) is 20.3. The molecule has 2 aromatic carbocycles. The highest BCUT2D eigenvalue weighted by Gasteiger charge is 2.38. The number of ether oxygens (including phenoxy) is 1. The summed E-state index contributed by atoms with van der Waals surface area (Å²) in [6, 6.07) is 9.22. The Hall–Kier alpha value is -3.75. The Balaban J connectivity index is 2.63. The summed E-state index contributed by atoms with van der Waals surface area (Å²) in [5.41, 5.74) is 0.823. The van der Waals surface area contributed by atoms with Gasteiger partial charge >= 0.3 is 6.09 Å². The number of alkyl carbamates (subject to hydrolysis) is 1. The largest absolute Gasteiger partial charge is 0.508 e. The number of carbonyl (C=O) groups is 3. The average Bonchev–Trinajstić information content (AvgIpc) is 2.92. The SMILES string of the molecule is CCCCCCN(C(=O)C(Cc1ccc(O)cc1)NC(=O)OC(C)(C)C)C(C(=O)NC(C)CCC)c1cccc(C)c1O. The molecule has 4 N–H and O–H groups in total. The van der Waals surface area contributed by atoms with E-state index in [1.165, 1.54) is 17.0 Å². The first-order valence-corrected chi connectivity index (χ1v) is 15.4. The van der Waals surface area contributed by atoms with Crippen LogP contribution in [-0.2, 0) is 20.7 Å². The van der Waals surface area contributed by atoms with E-state index >= 15 is 0 Å². The minimum absolute atomic E-state index is 0.0488. The maximum atomic E-state index is 14.6. The van der Waals surface area contributed by atoms with Crippen molar-refractivity contribution in [2.45, 2.75) is 117 Å². The molecule has 0 saturated heterocycles. The van der Waals surface area contributed by atoms with Gasteiger partial charge in [0, 0.05) is 24.6 Å². The zero-order valence-corrected chi connectivity index (χ0v) is 26.9. The zero-order valence-electron chi connectivity index (χ0n) is 26.9. The molecule has 3 atom stereocenters. The molecule has 43 heavy (non-hydrogen) atoms. The first-order valence-electron chi connectivity index (χ1n) is 15.4. The maximum absolute atomic E-state index is 14.6. The van der Waals surface area contributed by atoms with Crippen LogP contribution >= 0.6 is 0 Å². The number of phenols is 2. The topological polar surface area (TPSA) is 128 Å². The molecule has 0 fully saturated rings. The quantitative estimate of drug-likeness (QED) is 0.179. The van der Waals surface area contributed by atoms with Gasteiger partial charge in [0.1, 0.15) is 29.2 Å². The number of para-hydroxylation sites is 1. The van der Waals surface area contributed by atoms with E-state index < -0.39 is 35.6 Å². The molecule has 0 aromatic heterocycles. The molecule has 0 bridgehead atoms. The van der Waals surface area contributed by atoms with Crippen LogP contribution in [0.3, 0.4) is 0 Å². The number of amides is 3. The Bertz CT molecular complexity index is 1190. The van der Waals surface area contributed by atoms with E-state index in [1.54, 1.807) is 58.0 Å². The van der Waals surface area contributed by atoms with Crippen molar-refractivity contribution in [3.8, 4) is 11.5 Å². The lowest BCUT2D eigenvalue weighted by molar-refractivity contribution is -0.143. The fourth-order valence-corrected chi connectivity index (χ4v) is 4.97. The second kappa shape index (κ2) is 16.8. The van der Waals surface area contributed by atoms with Gasteiger partial charge in [-0.3, -0.25) is 9.59 Å². The van der Waals surface area contributed by atoms with Crippen LogP contribution in [0, 0.1) is 6.92 Å². The van der Waals surface area contributed by atoms with Crippen LogP contribution < -0.4 is 10.6 Å². The molecule has 2 aromatic rings. The number of hydrogen-bond donors (Lipinski definition) is 4. The highest BCUT2D eigenvalue weighted by molar-refractivity contribution is 5.93. The molecule has 0 saturated carbocycles. The second-order valence-corrected chi connectivity index (χ2v) is 12.3. The van der Waals surface area contributed by atoms with Gasteiger partial charge < -0.3 is 30.5 Å². The third-order valence-corrected chi connectivity index (χ3v) is 7.13. The van der Waals surface area contributed by atoms with E-state index in [1.807, 2.05) is 13.8 Å². The highest BCUT2D eigenvalue weighted by atomic mass is 16.6. The number of nitrogens with one attached hydrogen (secondary N) is 2. The van der Waals surface area contributed by atoms with Crippen molar-refractivity contribution >= 4 is 17.9 Å². The third-order valence-electron chi connectivity index (χ3n) is 7.13. The molecule has 9 heteroatoms. The Morgan fingerprint density at radius 2 is 1.60 bits per heavy atom. The van der Waals surface area contributed by atoms with Crippen LogP contribution in [0.2, 0.25) is 0 Å². The molecule has 0 radical (unpaired) electrons. The van der Waals surface area contributed by atoms with Gasteiger partial charge in [0.05, 0.1) is 0 Å². The number of aryl methyl sites for hydroxylation is 1.